The van der Waals surface area contributed by atoms with Gasteiger partial charge in [0, 0.05) is 19.2 Å². The molecule has 0 radical (unpaired) electrons. The smallest absolute Gasteiger partial charge is 0.222 e. The fourth-order valence-electron chi connectivity index (χ4n) is 1.54. The van der Waals surface area contributed by atoms with E-state index in [1.54, 1.807) is 6.20 Å². The van der Waals surface area contributed by atoms with Crippen LogP contribution in [0.2, 0.25) is 0 Å². The first kappa shape index (κ1) is 10.6. The highest BCUT2D eigenvalue weighted by Crippen LogP contribution is 2.07. The maximum absolute atomic E-state index is 4.44. The van der Waals surface area contributed by atoms with Crippen molar-refractivity contribution in [1.29, 1.82) is 0 Å². The van der Waals surface area contributed by atoms with Gasteiger partial charge in [0.2, 0.25) is 5.95 Å². The first-order chi connectivity index (χ1) is 7.88. The Balaban J connectivity index is 2.12. The highest BCUT2D eigenvalue weighted by atomic mass is 15.1. The van der Waals surface area contributed by atoms with E-state index in [0.717, 1.165) is 18.7 Å². The molecule has 0 aliphatic rings. The zero-order valence-electron chi connectivity index (χ0n) is 9.35. The molecular weight excluding hydrogens is 198 g/mol. The number of nitrogens with one attached hydrogen (secondary N) is 1. The van der Waals surface area contributed by atoms with Crippen LogP contribution < -0.4 is 5.32 Å². The van der Waals surface area contributed by atoms with Crippen LogP contribution in [-0.4, -0.2) is 16.5 Å². The Hall–Kier alpha value is -1.90. The number of rotatable bonds is 4. The molecule has 1 N–H and O–H groups in total. The van der Waals surface area contributed by atoms with Gasteiger partial charge in [-0.1, -0.05) is 30.3 Å². The highest BCUT2D eigenvalue weighted by molar-refractivity contribution is 5.27. The van der Waals surface area contributed by atoms with E-state index in [9.17, 15) is 0 Å². The molecular formula is C13H15N3. The van der Waals surface area contributed by atoms with Crippen molar-refractivity contribution in [2.45, 2.75) is 13.3 Å². The summed E-state index contributed by atoms with van der Waals surface area (Å²) in [5.41, 5.74) is 2.31. The Morgan fingerprint density at radius 1 is 1.12 bits per heavy atom. The first-order valence-corrected chi connectivity index (χ1v) is 5.48. The van der Waals surface area contributed by atoms with E-state index in [0.29, 0.717) is 5.95 Å². The predicted octanol–water partition coefficient (Wildman–Crippen LogP) is 2.50. The molecule has 0 amide bonds. The molecule has 0 fully saturated rings. The van der Waals surface area contributed by atoms with E-state index in [4.69, 9.17) is 0 Å². The van der Waals surface area contributed by atoms with Crippen molar-refractivity contribution >= 4 is 5.95 Å². The van der Waals surface area contributed by atoms with Crippen LogP contribution in [0, 0.1) is 0 Å². The van der Waals surface area contributed by atoms with Crippen LogP contribution in [0.1, 0.15) is 18.2 Å². The van der Waals surface area contributed by atoms with Crippen LogP contribution in [0.3, 0.4) is 0 Å². The second-order valence-corrected chi connectivity index (χ2v) is 3.56. The second-order valence-electron chi connectivity index (χ2n) is 3.56. The molecule has 0 saturated heterocycles. The third kappa shape index (κ3) is 2.79. The van der Waals surface area contributed by atoms with E-state index >= 15 is 0 Å². The molecule has 2 rings (SSSR count). The summed E-state index contributed by atoms with van der Waals surface area (Å²) in [4.78, 5) is 8.58. The van der Waals surface area contributed by atoms with Crippen molar-refractivity contribution in [2.75, 3.05) is 11.9 Å². The molecule has 1 aromatic heterocycles. The van der Waals surface area contributed by atoms with Gasteiger partial charge in [0.15, 0.2) is 0 Å². The molecule has 3 nitrogen and oxygen atoms in total. The van der Waals surface area contributed by atoms with Gasteiger partial charge in [-0.15, -0.1) is 0 Å². The number of aromatic nitrogens is 2. The van der Waals surface area contributed by atoms with Gasteiger partial charge in [0.1, 0.15) is 0 Å². The van der Waals surface area contributed by atoms with E-state index in [1.165, 1.54) is 5.56 Å². The SMILES string of the molecule is CCNc1nccc(Cc2ccccc2)n1. The Kier molecular flexibility index (Phi) is 3.49. The second kappa shape index (κ2) is 5.26. The third-order valence-electron chi connectivity index (χ3n) is 2.28. The summed E-state index contributed by atoms with van der Waals surface area (Å²) in [7, 11) is 0. The van der Waals surface area contributed by atoms with Gasteiger partial charge < -0.3 is 5.32 Å². The van der Waals surface area contributed by atoms with Crippen molar-refractivity contribution in [3.8, 4) is 0 Å². The third-order valence-corrected chi connectivity index (χ3v) is 2.28. The standard InChI is InChI=1S/C13H15N3/c1-2-14-13-15-9-8-12(16-13)10-11-6-4-3-5-7-11/h3-9H,2,10H2,1H3,(H,14,15,16). The van der Waals surface area contributed by atoms with E-state index in [-0.39, 0.29) is 0 Å². The molecule has 16 heavy (non-hydrogen) atoms. The van der Waals surface area contributed by atoms with Crippen molar-refractivity contribution in [3.05, 3.63) is 53.9 Å². The Morgan fingerprint density at radius 2 is 1.94 bits per heavy atom. The zero-order chi connectivity index (χ0) is 11.2. The molecule has 0 aliphatic heterocycles. The van der Waals surface area contributed by atoms with Crippen molar-refractivity contribution in [1.82, 2.24) is 9.97 Å². The van der Waals surface area contributed by atoms with Crippen LogP contribution >= 0.6 is 0 Å². The number of anilines is 1. The number of hydrogen-bond donors (Lipinski definition) is 1. The van der Waals surface area contributed by atoms with E-state index in [2.05, 4.69) is 27.4 Å². The minimum Gasteiger partial charge on any atom is -0.354 e. The predicted molar refractivity (Wildman–Crippen MR) is 65.4 cm³/mol. The van der Waals surface area contributed by atoms with Crippen molar-refractivity contribution < 1.29 is 0 Å². The fraction of sp³-hybridized carbons (Fsp3) is 0.231. The Bertz CT molecular complexity index is 440. The molecule has 0 aliphatic carbocycles. The van der Waals surface area contributed by atoms with Gasteiger partial charge in [-0.05, 0) is 18.6 Å². The molecule has 0 saturated carbocycles. The van der Waals surface area contributed by atoms with Crippen molar-refractivity contribution in [2.24, 2.45) is 0 Å². The molecule has 0 unspecified atom stereocenters. The zero-order valence-corrected chi connectivity index (χ0v) is 9.35. The van der Waals surface area contributed by atoms with Gasteiger partial charge in [0.25, 0.3) is 0 Å². The summed E-state index contributed by atoms with van der Waals surface area (Å²) < 4.78 is 0. The lowest BCUT2D eigenvalue weighted by Crippen LogP contribution is -2.03. The largest absolute Gasteiger partial charge is 0.354 e. The average Bonchev–Trinajstić information content (AvgIpc) is 2.31. The molecule has 1 heterocycles. The minimum absolute atomic E-state index is 0.705. The summed E-state index contributed by atoms with van der Waals surface area (Å²) in [5.74, 6) is 0.705. The van der Waals surface area contributed by atoms with Gasteiger partial charge in [-0.3, -0.25) is 0 Å². The lowest BCUT2D eigenvalue weighted by atomic mass is 10.1. The molecule has 1 aromatic carbocycles. The summed E-state index contributed by atoms with van der Waals surface area (Å²) in [6.45, 7) is 2.88. The Labute approximate surface area is 95.6 Å². The molecule has 2 aromatic rings. The summed E-state index contributed by atoms with van der Waals surface area (Å²) >= 11 is 0. The number of benzene rings is 1. The minimum atomic E-state index is 0.705. The maximum atomic E-state index is 4.44. The van der Waals surface area contributed by atoms with Crippen LogP contribution in [0.4, 0.5) is 5.95 Å². The highest BCUT2D eigenvalue weighted by Gasteiger charge is 1.99. The van der Waals surface area contributed by atoms with E-state index in [1.807, 2.05) is 31.2 Å². The molecule has 3 heteroatoms. The van der Waals surface area contributed by atoms with Crippen molar-refractivity contribution in [3.63, 3.8) is 0 Å². The Morgan fingerprint density at radius 3 is 2.69 bits per heavy atom. The lowest BCUT2D eigenvalue weighted by Gasteiger charge is -2.04. The van der Waals surface area contributed by atoms with Gasteiger partial charge in [0.05, 0.1) is 5.69 Å². The normalized spacial score (nSPS) is 10.1. The van der Waals surface area contributed by atoms with Crippen LogP contribution in [0.15, 0.2) is 42.6 Å². The maximum Gasteiger partial charge on any atom is 0.222 e. The summed E-state index contributed by atoms with van der Waals surface area (Å²) in [6.07, 6.45) is 2.64. The topological polar surface area (TPSA) is 37.8 Å². The summed E-state index contributed by atoms with van der Waals surface area (Å²) in [5, 5.41) is 3.11. The molecule has 0 bridgehead atoms. The lowest BCUT2D eigenvalue weighted by molar-refractivity contribution is 1.01. The molecule has 0 atom stereocenters. The fourth-order valence-corrected chi connectivity index (χ4v) is 1.54. The van der Waals surface area contributed by atoms with Gasteiger partial charge in [-0.25, -0.2) is 9.97 Å². The quantitative estimate of drug-likeness (QED) is 0.848. The van der Waals surface area contributed by atoms with Crippen LogP contribution in [0.5, 0.6) is 0 Å². The number of nitrogens with zero attached hydrogens (tertiary/aromatic N) is 2. The first-order valence-electron chi connectivity index (χ1n) is 5.48. The monoisotopic (exact) mass is 213 g/mol. The summed E-state index contributed by atoms with van der Waals surface area (Å²) in [6, 6.07) is 12.3. The van der Waals surface area contributed by atoms with Gasteiger partial charge in [-0.2, -0.15) is 0 Å². The van der Waals surface area contributed by atoms with E-state index < -0.39 is 0 Å². The average molecular weight is 213 g/mol. The van der Waals surface area contributed by atoms with Gasteiger partial charge >= 0.3 is 0 Å². The van der Waals surface area contributed by atoms with Crippen LogP contribution in [0.25, 0.3) is 0 Å². The molecule has 82 valence electrons. The number of hydrogen-bond acceptors (Lipinski definition) is 3. The van der Waals surface area contributed by atoms with Crippen LogP contribution in [-0.2, 0) is 6.42 Å². The molecule has 0 spiro atoms.